The summed E-state index contributed by atoms with van der Waals surface area (Å²) < 4.78 is 0. The third kappa shape index (κ3) is 2.87. The summed E-state index contributed by atoms with van der Waals surface area (Å²) in [6.45, 7) is 4.96. The van der Waals surface area contributed by atoms with Crippen LogP contribution in [0.1, 0.15) is 49.0 Å². The van der Waals surface area contributed by atoms with Crippen LogP contribution in [0, 0.1) is 0 Å². The van der Waals surface area contributed by atoms with Gasteiger partial charge in [-0.15, -0.1) is 0 Å². The normalized spacial score (nSPS) is 16.9. The van der Waals surface area contributed by atoms with E-state index in [-0.39, 0.29) is 5.92 Å². The van der Waals surface area contributed by atoms with Crippen molar-refractivity contribution in [2.45, 2.75) is 26.2 Å². The number of fused-ring (bicyclic) bond motifs is 2. The number of aromatic nitrogens is 4. The first-order chi connectivity index (χ1) is 13.7. The van der Waals surface area contributed by atoms with Crippen molar-refractivity contribution >= 4 is 28.9 Å². The predicted molar refractivity (Wildman–Crippen MR) is 113 cm³/mol. The zero-order chi connectivity index (χ0) is 19.1. The van der Waals surface area contributed by atoms with Gasteiger partial charge in [0.05, 0.1) is 52.6 Å². The first kappa shape index (κ1) is 16.7. The molecule has 5 rings (SSSR count). The van der Waals surface area contributed by atoms with E-state index >= 15 is 0 Å². The number of allylic oxidation sites excluding steroid dienone is 4. The smallest absolute Gasteiger partial charge is 0.118 e. The summed E-state index contributed by atoms with van der Waals surface area (Å²) in [4.78, 5) is 20.6. The van der Waals surface area contributed by atoms with E-state index in [4.69, 9.17) is 9.98 Å². The fourth-order valence-corrected chi connectivity index (χ4v) is 3.76. The summed E-state index contributed by atoms with van der Waals surface area (Å²) in [6, 6.07) is 6.31. The average molecular weight is 370 g/mol. The highest BCUT2D eigenvalue weighted by molar-refractivity contribution is 6.05. The average Bonchev–Trinajstić information content (AvgIpc) is 3.29. The molecule has 0 saturated carbocycles. The maximum Gasteiger partial charge on any atom is 0.118 e. The third-order valence-corrected chi connectivity index (χ3v) is 5.34. The van der Waals surface area contributed by atoms with Crippen molar-refractivity contribution in [3.8, 4) is 0 Å². The number of hydrogen-bond acceptors (Lipinski definition) is 4. The van der Waals surface area contributed by atoms with Gasteiger partial charge in [0.1, 0.15) is 5.82 Å². The number of nitrogens with one attached hydrogen (secondary N) is 3. The number of imidazole rings is 2. The molecule has 1 aliphatic carbocycles. The van der Waals surface area contributed by atoms with Crippen LogP contribution in [0.4, 0.5) is 0 Å². The molecule has 3 aromatic rings. The van der Waals surface area contributed by atoms with Crippen LogP contribution in [0.15, 0.2) is 53.1 Å². The molecule has 140 valence electrons. The summed E-state index contributed by atoms with van der Waals surface area (Å²) in [7, 11) is 0. The molecule has 2 aliphatic rings. The molecule has 1 atom stereocenters. The number of benzene rings is 1. The Bertz CT molecular complexity index is 1140. The Hall–Kier alpha value is -3.41. The van der Waals surface area contributed by atoms with Gasteiger partial charge in [0.15, 0.2) is 0 Å². The van der Waals surface area contributed by atoms with Gasteiger partial charge in [-0.25, -0.2) is 9.97 Å². The molecule has 1 aromatic carbocycles. The van der Waals surface area contributed by atoms with E-state index in [1.165, 1.54) is 5.70 Å². The standard InChI is InChI=1S/C22H22N6/c1-3-16-13(2)26-21(11-23-16)15-6-9-19-20(10-15)28-22(27-19)14-4-7-17-18(8-5-14)25-12-24-17/h4-10,12,14,23H,3,11H2,1-2H3,(H,24,25)(H,27,28). The van der Waals surface area contributed by atoms with Gasteiger partial charge in [-0.2, -0.15) is 0 Å². The second-order valence-corrected chi connectivity index (χ2v) is 7.13. The van der Waals surface area contributed by atoms with Crippen LogP contribution in [0.5, 0.6) is 0 Å². The van der Waals surface area contributed by atoms with Crippen LogP contribution < -0.4 is 5.32 Å². The van der Waals surface area contributed by atoms with Gasteiger partial charge in [-0.3, -0.25) is 4.99 Å². The molecule has 6 heteroatoms. The second kappa shape index (κ2) is 6.64. The van der Waals surface area contributed by atoms with Crippen molar-refractivity contribution in [2.75, 3.05) is 6.54 Å². The van der Waals surface area contributed by atoms with Gasteiger partial charge in [-0.05, 0) is 43.2 Å². The van der Waals surface area contributed by atoms with E-state index in [1.54, 1.807) is 6.33 Å². The Morgan fingerprint density at radius 2 is 2.07 bits per heavy atom. The molecule has 3 heterocycles. The minimum atomic E-state index is 0.0874. The fourth-order valence-electron chi connectivity index (χ4n) is 3.76. The number of rotatable bonds is 3. The second-order valence-electron chi connectivity index (χ2n) is 7.13. The van der Waals surface area contributed by atoms with Gasteiger partial charge in [0.25, 0.3) is 0 Å². The van der Waals surface area contributed by atoms with Crippen molar-refractivity contribution in [2.24, 2.45) is 4.99 Å². The highest BCUT2D eigenvalue weighted by Gasteiger charge is 2.16. The Balaban J connectivity index is 1.47. The fraction of sp³-hybridized carbons (Fsp3) is 0.227. The lowest BCUT2D eigenvalue weighted by molar-refractivity contribution is 0.813. The monoisotopic (exact) mass is 370 g/mol. The van der Waals surface area contributed by atoms with Gasteiger partial charge in [0.2, 0.25) is 0 Å². The van der Waals surface area contributed by atoms with Gasteiger partial charge < -0.3 is 15.3 Å². The largest absolute Gasteiger partial charge is 0.381 e. The number of aliphatic imine (C=N–C) groups is 1. The van der Waals surface area contributed by atoms with Crippen LogP contribution in [-0.2, 0) is 0 Å². The lowest BCUT2D eigenvalue weighted by atomic mass is 10.1. The van der Waals surface area contributed by atoms with Crippen LogP contribution >= 0.6 is 0 Å². The number of nitrogens with zero attached hydrogens (tertiary/aromatic N) is 3. The summed E-state index contributed by atoms with van der Waals surface area (Å²) >= 11 is 0. The van der Waals surface area contributed by atoms with E-state index in [0.717, 1.165) is 58.2 Å². The van der Waals surface area contributed by atoms with Crippen molar-refractivity contribution in [3.63, 3.8) is 0 Å². The molecule has 0 amide bonds. The molecule has 0 fully saturated rings. The topological polar surface area (TPSA) is 81.8 Å². The molecule has 0 spiro atoms. The minimum absolute atomic E-state index is 0.0874. The number of hydrogen-bond donors (Lipinski definition) is 3. The zero-order valence-corrected chi connectivity index (χ0v) is 16.0. The molecule has 3 N–H and O–H groups in total. The predicted octanol–water partition coefficient (Wildman–Crippen LogP) is 4.14. The first-order valence-corrected chi connectivity index (χ1v) is 9.62. The van der Waals surface area contributed by atoms with Crippen molar-refractivity contribution < 1.29 is 0 Å². The Labute approximate surface area is 163 Å². The van der Waals surface area contributed by atoms with Gasteiger partial charge in [-0.1, -0.05) is 25.1 Å². The third-order valence-electron chi connectivity index (χ3n) is 5.34. The minimum Gasteiger partial charge on any atom is -0.381 e. The first-order valence-electron chi connectivity index (χ1n) is 9.62. The molecule has 28 heavy (non-hydrogen) atoms. The molecule has 0 bridgehead atoms. The highest BCUT2D eigenvalue weighted by atomic mass is 15.0. The lowest BCUT2D eigenvalue weighted by Crippen LogP contribution is -2.27. The van der Waals surface area contributed by atoms with Crippen molar-refractivity contribution in [1.82, 2.24) is 25.3 Å². The Kier molecular flexibility index (Phi) is 3.97. The van der Waals surface area contributed by atoms with Crippen molar-refractivity contribution in [3.05, 3.63) is 70.8 Å². The molecule has 6 nitrogen and oxygen atoms in total. The molecular weight excluding hydrogens is 348 g/mol. The summed E-state index contributed by atoms with van der Waals surface area (Å²) in [5.41, 5.74) is 8.44. The van der Waals surface area contributed by atoms with Gasteiger partial charge in [0, 0.05) is 5.70 Å². The van der Waals surface area contributed by atoms with E-state index in [1.807, 2.05) is 6.08 Å². The van der Waals surface area contributed by atoms with Crippen molar-refractivity contribution in [1.29, 1.82) is 0 Å². The van der Waals surface area contributed by atoms with E-state index in [2.05, 4.69) is 70.5 Å². The summed E-state index contributed by atoms with van der Waals surface area (Å²) in [5, 5.41) is 3.48. The zero-order valence-electron chi connectivity index (χ0n) is 16.0. The van der Waals surface area contributed by atoms with Gasteiger partial charge >= 0.3 is 0 Å². The molecule has 1 unspecified atom stereocenters. The molecule has 2 aromatic heterocycles. The Morgan fingerprint density at radius 3 is 2.93 bits per heavy atom. The van der Waals surface area contributed by atoms with Crippen LogP contribution in [0.25, 0.3) is 23.2 Å². The summed E-state index contributed by atoms with van der Waals surface area (Å²) in [6.07, 6.45) is 11.1. The van der Waals surface area contributed by atoms with Crippen LogP contribution in [0.3, 0.4) is 0 Å². The SMILES string of the molecule is CCC1=C(C)N=C(c2ccc3nc(C4C=Cc5nc[nH]c5C=C4)[nH]c3c2)CN1. The number of aromatic amines is 2. The van der Waals surface area contributed by atoms with Crippen LogP contribution in [0.2, 0.25) is 0 Å². The van der Waals surface area contributed by atoms with E-state index in [0.29, 0.717) is 0 Å². The highest BCUT2D eigenvalue weighted by Crippen LogP contribution is 2.26. The molecule has 0 saturated heterocycles. The molecular formula is C22H22N6. The molecule has 0 radical (unpaired) electrons. The summed E-state index contributed by atoms with van der Waals surface area (Å²) in [5.74, 6) is 1.02. The maximum absolute atomic E-state index is 4.80. The molecule has 1 aliphatic heterocycles. The Morgan fingerprint density at radius 1 is 1.18 bits per heavy atom. The maximum atomic E-state index is 4.80. The van der Waals surface area contributed by atoms with E-state index in [9.17, 15) is 0 Å². The number of H-pyrrole nitrogens is 2. The lowest BCUT2D eigenvalue weighted by Gasteiger charge is -2.18. The van der Waals surface area contributed by atoms with Crippen LogP contribution in [-0.4, -0.2) is 32.2 Å². The van der Waals surface area contributed by atoms with E-state index < -0.39 is 0 Å². The quantitative estimate of drug-likeness (QED) is 0.648.